The van der Waals surface area contributed by atoms with Gasteiger partial charge in [-0.05, 0) is 13.3 Å². The number of carbonyl (C=O) groups is 2. The van der Waals surface area contributed by atoms with E-state index in [1.54, 1.807) is 11.3 Å². The summed E-state index contributed by atoms with van der Waals surface area (Å²) in [6.07, 6.45) is 0.778. The Morgan fingerprint density at radius 1 is 1.41 bits per heavy atom. The highest BCUT2D eigenvalue weighted by atomic mass is 32.1. The molecule has 1 aromatic rings. The Bertz CT molecular complexity index is 415. The average molecular weight is 256 g/mol. The number of rotatable bonds is 6. The third kappa shape index (κ3) is 4.52. The first-order valence-corrected chi connectivity index (χ1v) is 6.28. The van der Waals surface area contributed by atoms with Crippen molar-refractivity contribution in [3.05, 3.63) is 15.6 Å². The van der Waals surface area contributed by atoms with E-state index in [0.717, 1.165) is 22.0 Å². The Balaban J connectivity index is 2.41. The fourth-order valence-electron chi connectivity index (χ4n) is 1.29. The second-order valence-corrected chi connectivity index (χ2v) is 4.81. The molecule has 0 bridgehead atoms. The van der Waals surface area contributed by atoms with Gasteiger partial charge in [0, 0.05) is 11.3 Å². The fraction of sp³-hybridized carbons (Fsp3) is 0.545. The molecule has 1 rings (SSSR count). The molecule has 17 heavy (non-hydrogen) atoms. The van der Waals surface area contributed by atoms with E-state index < -0.39 is 5.97 Å². The minimum absolute atomic E-state index is 0.0216. The van der Waals surface area contributed by atoms with Gasteiger partial charge in [-0.2, -0.15) is 0 Å². The van der Waals surface area contributed by atoms with Crippen molar-refractivity contribution in [3.8, 4) is 0 Å². The second-order valence-electron chi connectivity index (χ2n) is 3.64. The van der Waals surface area contributed by atoms with Gasteiger partial charge in [0.25, 0.3) is 0 Å². The van der Waals surface area contributed by atoms with Gasteiger partial charge in [-0.3, -0.25) is 9.59 Å². The predicted octanol–water partition coefficient (Wildman–Crippen LogP) is 1.49. The number of aryl methyl sites for hydroxylation is 2. The van der Waals surface area contributed by atoms with Gasteiger partial charge in [0.05, 0.1) is 23.7 Å². The number of carboxylic acids is 1. The Kier molecular flexibility index (Phi) is 5.09. The van der Waals surface area contributed by atoms with Crippen molar-refractivity contribution < 1.29 is 14.7 Å². The summed E-state index contributed by atoms with van der Waals surface area (Å²) in [5, 5.41) is 12.2. The Labute approximate surface area is 104 Å². The predicted molar refractivity (Wildman–Crippen MR) is 64.9 cm³/mol. The highest BCUT2D eigenvalue weighted by molar-refractivity contribution is 7.11. The van der Waals surface area contributed by atoms with Crippen molar-refractivity contribution in [2.24, 2.45) is 0 Å². The number of thiazole rings is 1. The molecule has 0 saturated heterocycles. The number of aromatic nitrogens is 1. The van der Waals surface area contributed by atoms with E-state index in [1.807, 2.05) is 13.8 Å². The number of aliphatic carboxylic acids is 1. The highest BCUT2D eigenvalue weighted by Gasteiger charge is 2.09. The maximum absolute atomic E-state index is 11.3. The quantitative estimate of drug-likeness (QED) is 0.808. The lowest BCUT2D eigenvalue weighted by molar-refractivity contribution is -0.138. The minimum Gasteiger partial charge on any atom is -0.481 e. The summed E-state index contributed by atoms with van der Waals surface area (Å²) in [6.45, 7) is 4.38. The zero-order valence-electron chi connectivity index (χ0n) is 9.95. The third-order valence-corrected chi connectivity index (χ3v) is 3.55. The molecule has 0 saturated carbocycles. The Hall–Kier alpha value is -1.43. The summed E-state index contributed by atoms with van der Waals surface area (Å²) in [7, 11) is 0. The van der Waals surface area contributed by atoms with E-state index >= 15 is 0 Å². The van der Waals surface area contributed by atoms with Gasteiger partial charge in [-0.15, -0.1) is 11.3 Å². The summed E-state index contributed by atoms with van der Waals surface area (Å²) >= 11 is 1.58. The standard InChI is InChI=1S/C11H16N2O3S/c1-3-10-13-7(2)8(17-10)6-12-9(14)4-5-11(15)16/h3-6H2,1-2H3,(H,12,14)(H,15,16). The lowest BCUT2D eigenvalue weighted by Crippen LogP contribution is -2.23. The first kappa shape index (κ1) is 13.6. The van der Waals surface area contributed by atoms with Gasteiger partial charge in [-0.1, -0.05) is 6.92 Å². The van der Waals surface area contributed by atoms with Crippen LogP contribution in [0, 0.1) is 6.92 Å². The van der Waals surface area contributed by atoms with Crippen LogP contribution in [0.2, 0.25) is 0 Å². The van der Waals surface area contributed by atoms with Gasteiger partial charge in [-0.25, -0.2) is 4.98 Å². The summed E-state index contributed by atoms with van der Waals surface area (Å²) in [5.74, 6) is -1.19. The van der Waals surface area contributed by atoms with Gasteiger partial charge >= 0.3 is 5.97 Å². The van der Waals surface area contributed by atoms with Crippen LogP contribution in [0.4, 0.5) is 0 Å². The molecule has 6 heteroatoms. The Morgan fingerprint density at radius 2 is 2.12 bits per heavy atom. The molecule has 0 atom stereocenters. The van der Waals surface area contributed by atoms with Gasteiger partial charge < -0.3 is 10.4 Å². The smallest absolute Gasteiger partial charge is 0.303 e. The van der Waals surface area contributed by atoms with Crippen LogP contribution in [0.1, 0.15) is 35.3 Å². The molecule has 0 aliphatic rings. The second kappa shape index (κ2) is 6.34. The van der Waals surface area contributed by atoms with E-state index in [-0.39, 0.29) is 18.7 Å². The van der Waals surface area contributed by atoms with Crippen LogP contribution in [-0.4, -0.2) is 22.0 Å². The monoisotopic (exact) mass is 256 g/mol. The van der Waals surface area contributed by atoms with Gasteiger partial charge in [0.2, 0.25) is 5.91 Å². The van der Waals surface area contributed by atoms with E-state index in [1.165, 1.54) is 0 Å². The van der Waals surface area contributed by atoms with E-state index in [4.69, 9.17) is 5.11 Å². The molecule has 5 nitrogen and oxygen atoms in total. The van der Waals surface area contributed by atoms with Crippen LogP contribution in [0.5, 0.6) is 0 Å². The van der Waals surface area contributed by atoms with Crippen molar-refractivity contribution >= 4 is 23.2 Å². The lowest BCUT2D eigenvalue weighted by atomic mass is 10.3. The molecule has 0 spiro atoms. The van der Waals surface area contributed by atoms with Crippen molar-refractivity contribution in [2.75, 3.05) is 0 Å². The van der Waals surface area contributed by atoms with Crippen LogP contribution < -0.4 is 5.32 Å². The largest absolute Gasteiger partial charge is 0.481 e. The number of amides is 1. The van der Waals surface area contributed by atoms with Crippen molar-refractivity contribution in [3.63, 3.8) is 0 Å². The van der Waals surface area contributed by atoms with Gasteiger partial charge in [0.1, 0.15) is 0 Å². The van der Waals surface area contributed by atoms with Crippen molar-refractivity contribution in [1.82, 2.24) is 10.3 Å². The van der Waals surface area contributed by atoms with E-state index in [0.29, 0.717) is 6.54 Å². The number of carbonyl (C=O) groups excluding carboxylic acids is 1. The zero-order valence-corrected chi connectivity index (χ0v) is 10.8. The molecule has 0 unspecified atom stereocenters. The van der Waals surface area contributed by atoms with Crippen LogP contribution in [0.3, 0.4) is 0 Å². The number of nitrogens with zero attached hydrogens (tertiary/aromatic N) is 1. The molecule has 1 heterocycles. The maximum Gasteiger partial charge on any atom is 0.303 e. The number of hydrogen-bond acceptors (Lipinski definition) is 4. The first-order chi connectivity index (χ1) is 8.02. The topological polar surface area (TPSA) is 79.3 Å². The summed E-state index contributed by atoms with van der Waals surface area (Å²) in [6, 6.07) is 0. The molecule has 94 valence electrons. The normalized spacial score (nSPS) is 10.2. The number of hydrogen-bond donors (Lipinski definition) is 2. The van der Waals surface area contributed by atoms with Crippen molar-refractivity contribution in [1.29, 1.82) is 0 Å². The minimum atomic E-state index is -0.956. The van der Waals surface area contributed by atoms with Crippen LogP contribution in [0.15, 0.2) is 0 Å². The summed E-state index contributed by atoms with van der Waals surface area (Å²) < 4.78 is 0. The summed E-state index contributed by atoms with van der Waals surface area (Å²) in [5.41, 5.74) is 0.936. The third-order valence-electron chi connectivity index (χ3n) is 2.25. The molecule has 0 aliphatic carbocycles. The Morgan fingerprint density at radius 3 is 2.65 bits per heavy atom. The molecule has 0 radical (unpaired) electrons. The molecular weight excluding hydrogens is 240 g/mol. The van der Waals surface area contributed by atoms with Crippen molar-refractivity contribution in [2.45, 2.75) is 39.7 Å². The number of nitrogens with one attached hydrogen (secondary N) is 1. The molecule has 2 N–H and O–H groups in total. The molecule has 1 amide bonds. The molecule has 0 fully saturated rings. The van der Waals surface area contributed by atoms with E-state index in [9.17, 15) is 9.59 Å². The van der Waals surface area contributed by atoms with Gasteiger partial charge in [0.15, 0.2) is 0 Å². The van der Waals surface area contributed by atoms with E-state index in [2.05, 4.69) is 10.3 Å². The fourth-order valence-corrected chi connectivity index (χ4v) is 2.24. The average Bonchev–Trinajstić information content (AvgIpc) is 2.64. The molecule has 1 aromatic heterocycles. The summed E-state index contributed by atoms with van der Waals surface area (Å²) in [4.78, 5) is 27.0. The highest BCUT2D eigenvalue weighted by Crippen LogP contribution is 2.18. The lowest BCUT2D eigenvalue weighted by Gasteiger charge is -2.02. The van der Waals surface area contributed by atoms with Crippen LogP contribution in [-0.2, 0) is 22.6 Å². The SMILES string of the molecule is CCc1nc(C)c(CNC(=O)CCC(=O)O)s1. The van der Waals surface area contributed by atoms with Crippen LogP contribution in [0.25, 0.3) is 0 Å². The molecule has 0 aliphatic heterocycles. The zero-order chi connectivity index (χ0) is 12.8. The maximum atomic E-state index is 11.3. The van der Waals surface area contributed by atoms with Crippen LogP contribution >= 0.6 is 11.3 Å². The first-order valence-electron chi connectivity index (χ1n) is 5.46. The molecule has 0 aromatic carbocycles. The number of carboxylic acid groups (broad SMARTS) is 1. The molecular formula is C11H16N2O3S.